The molecule has 0 radical (unpaired) electrons. The molecule has 2 aliphatic rings. The van der Waals surface area contributed by atoms with Crippen molar-refractivity contribution in [2.24, 2.45) is 5.92 Å². The summed E-state index contributed by atoms with van der Waals surface area (Å²) in [6, 6.07) is 17.8. The monoisotopic (exact) mass is 714 g/mol. The van der Waals surface area contributed by atoms with Crippen LogP contribution in [0.4, 0.5) is 20.2 Å². The van der Waals surface area contributed by atoms with Crippen LogP contribution >= 0.6 is 0 Å². The van der Waals surface area contributed by atoms with Gasteiger partial charge in [0.15, 0.2) is 0 Å². The molecule has 0 unspecified atom stereocenters. The van der Waals surface area contributed by atoms with Crippen molar-refractivity contribution in [2.75, 3.05) is 42.6 Å². The predicted molar refractivity (Wildman–Crippen MR) is 187 cm³/mol. The quantitative estimate of drug-likeness (QED) is 0.203. The summed E-state index contributed by atoms with van der Waals surface area (Å²) in [5.41, 5.74) is 1.14. The topological polar surface area (TPSA) is 133 Å². The molecule has 2 aromatic heterocycles. The Morgan fingerprint density at radius 3 is 2.40 bits per heavy atom. The van der Waals surface area contributed by atoms with Gasteiger partial charge in [-0.05, 0) is 74.4 Å². The third kappa shape index (κ3) is 7.05. The summed E-state index contributed by atoms with van der Waals surface area (Å²) in [7, 11) is 0. The second-order valence-electron chi connectivity index (χ2n) is 13.3. The Kier molecular flexibility index (Phi) is 9.88. The van der Waals surface area contributed by atoms with Crippen molar-refractivity contribution in [2.45, 2.75) is 51.0 Å². The minimum atomic E-state index is -1.06. The number of piperazine rings is 1. The maximum Gasteiger partial charge on any atom is 0.350 e. The molecule has 5 aromatic rings. The second kappa shape index (κ2) is 14.7. The lowest BCUT2D eigenvalue weighted by atomic mass is 9.87. The Morgan fingerprint density at radius 1 is 0.981 bits per heavy atom. The van der Waals surface area contributed by atoms with E-state index in [2.05, 4.69) is 15.2 Å². The Labute approximate surface area is 298 Å². The van der Waals surface area contributed by atoms with Crippen molar-refractivity contribution in [1.82, 2.24) is 29.1 Å². The molecule has 52 heavy (non-hydrogen) atoms. The minimum absolute atomic E-state index is 0.0509. The first-order valence-corrected chi connectivity index (χ1v) is 17.3. The molecule has 4 heterocycles. The standard InChI is InChI=1S/C37H40F2N8O5/c1-3-34(25(2)48)47-36(50)46(24-42-47)30-7-5-28(6-8-30)43-14-15-45(35(49)18-43)29-9-11-31(12-10-29)51-19-26-17-37(52-20-26,21-44-23-40-22-41-44)32-13-4-27(38)16-33(32)39/h4-13,16,22-26,34,48H,3,14-15,17-21H2,1-2H3/t25-,26+,34-,37-/m0/s1. The molecule has 15 heteroatoms. The van der Waals surface area contributed by atoms with Gasteiger partial charge < -0.3 is 24.4 Å². The van der Waals surface area contributed by atoms with Crippen LogP contribution in [0.1, 0.15) is 38.3 Å². The van der Waals surface area contributed by atoms with Gasteiger partial charge in [-0.2, -0.15) is 10.2 Å². The van der Waals surface area contributed by atoms with Gasteiger partial charge in [0.2, 0.25) is 5.91 Å². The van der Waals surface area contributed by atoms with Crippen molar-refractivity contribution < 1.29 is 28.2 Å². The smallest absolute Gasteiger partial charge is 0.350 e. The summed E-state index contributed by atoms with van der Waals surface area (Å²) in [5, 5.41) is 18.4. The Morgan fingerprint density at radius 2 is 1.73 bits per heavy atom. The number of carbonyl (C=O) groups is 1. The Hall–Kier alpha value is -5.41. The third-order valence-electron chi connectivity index (χ3n) is 9.85. The van der Waals surface area contributed by atoms with Crippen LogP contribution in [0.2, 0.25) is 0 Å². The molecule has 2 fully saturated rings. The van der Waals surface area contributed by atoms with Crippen molar-refractivity contribution >= 4 is 17.3 Å². The molecule has 3 aromatic carbocycles. The lowest BCUT2D eigenvalue weighted by molar-refractivity contribution is -0.117. The fourth-order valence-electron chi connectivity index (χ4n) is 7.15. The fraction of sp³-hybridized carbons (Fsp3) is 0.378. The van der Waals surface area contributed by atoms with Crippen LogP contribution < -0.4 is 20.2 Å². The zero-order chi connectivity index (χ0) is 36.4. The van der Waals surface area contributed by atoms with E-state index in [-0.39, 0.29) is 36.2 Å². The molecule has 0 aliphatic carbocycles. The summed E-state index contributed by atoms with van der Waals surface area (Å²) in [6.45, 7) is 5.67. The van der Waals surface area contributed by atoms with Crippen LogP contribution in [0.25, 0.3) is 5.69 Å². The van der Waals surface area contributed by atoms with Gasteiger partial charge >= 0.3 is 5.69 Å². The molecule has 7 rings (SSSR count). The molecule has 1 N–H and O–H groups in total. The van der Waals surface area contributed by atoms with E-state index in [4.69, 9.17) is 9.47 Å². The normalized spacial score (nSPS) is 20.3. The highest BCUT2D eigenvalue weighted by Crippen LogP contribution is 2.42. The summed E-state index contributed by atoms with van der Waals surface area (Å²) < 4.78 is 45.3. The number of aliphatic hydroxyl groups excluding tert-OH is 1. The van der Waals surface area contributed by atoms with Gasteiger partial charge in [0.05, 0.1) is 44.1 Å². The van der Waals surface area contributed by atoms with Crippen LogP contribution in [0.15, 0.2) is 90.5 Å². The first kappa shape index (κ1) is 35.0. The van der Waals surface area contributed by atoms with Gasteiger partial charge in [-0.15, -0.1) is 0 Å². The number of anilines is 2. The largest absolute Gasteiger partial charge is 0.493 e. The van der Waals surface area contributed by atoms with E-state index in [9.17, 15) is 23.5 Å². The summed E-state index contributed by atoms with van der Waals surface area (Å²) in [5.74, 6) is -0.836. The average molecular weight is 715 g/mol. The summed E-state index contributed by atoms with van der Waals surface area (Å²) in [4.78, 5) is 34.0. The Bertz CT molecular complexity index is 2050. The molecule has 2 aliphatic heterocycles. The van der Waals surface area contributed by atoms with Gasteiger partial charge in [0, 0.05) is 42.0 Å². The van der Waals surface area contributed by atoms with Crippen molar-refractivity contribution in [3.63, 3.8) is 0 Å². The number of aliphatic hydroxyl groups is 1. The second-order valence-corrected chi connectivity index (χ2v) is 13.3. The van der Waals surface area contributed by atoms with Crippen LogP contribution in [-0.2, 0) is 21.7 Å². The summed E-state index contributed by atoms with van der Waals surface area (Å²) in [6.07, 6.45) is 4.67. The number of hydrogen-bond donors (Lipinski definition) is 1. The molecule has 4 atom stereocenters. The zero-order valence-electron chi connectivity index (χ0n) is 28.9. The Balaban J connectivity index is 0.945. The van der Waals surface area contributed by atoms with E-state index in [1.54, 1.807) is 16.5 Å². The van der Waals surface area contributed by atoms with Gasteiger partial charge in [0.1, 0.15) is 42.0 Å². The molecule has 0 bridgehead atoms. The number of carbonyl (C=O) groups excluding carboxylic acids is 1. The average Bonchev–Trinajstić information content (AvgIpc) is 3.89. The number of benzene rings is 3. The maximum absolute atomic E-state index is 15.0. The first-order chi connectivity index (χ1) is 25.1. The number of halogens is 2. The zero-order valence-corrected chi connectivity index (χ0v) is 28.9. The third-order valence-corrected chi connectivity index (χ3v) is 9.85. The van der Waals surface area contributed by atoms with Gasteiger partial charge in [-0.1, -0.05) is 13.0 Å². The van der Waals surface area contributed by atoms with E-state index >= 15 is 0 Å². The molecule has 13 nitrogen and oxygen atoms in total. The molecule has 0 spiro atoms. The molecule has 272 valence electrons. The molecular weight excluding hydrogens is 674 g/mol. The first-order valence-electron chi connectivity index (χ1n) is 17.3. The number of hydrogen-bond acceptors (Lipinski definition) is 9. The highest BCUT2D eigenvalue weighted by atomic mass is 19.1. The van der Waals surface area contributed by atoms with Gasteiger partial charge in [-0.3, -0.25) is 4.79 Å². The fourth-order valence-corrected chi connectivity index (χ4v) is 7.15. The lowest BCUT2D eigenvalue weighted by Crippen LogP contribution is -2.50. The number of nitrogens with zero attached hydrogens (tertiary/aromatic N) is 8. The number of rotatable bonds is 12. The van der Waals surface area contributed by atoms with Crippen LogP contribution in [0.5, 0.6) is 5.75 Å². The number of ether oxygens (including phenoxy) is 2. The van der Waals surface area contributed by atoms with Gasteiger partial charge in [0.25, 0.3) is 0 Å². The minimum Gasteiger partial charge on any atom is -0.493 e. The van der Waals surface area contributed by atoms with E-state index < -0.39 is 29.4 Å². The van der Waals surface area contributed by atoms with Gasteiger partial charge in [-0.25, -0.2) is 32.5 Å². The van der Waals surface area contributed by atoms with E-state index in [1.807, 2.05) is 60.4 Å². The van der Waals surface area contributed by atoms with Crippen LogP contribution in [-0.4, -0.2) is 79.1 Å². The van der Waals surface area contributed by atoms with Crippen LogP contribution in [0.3, 0.4) is 0 Å². The van der Waals surface area contributed by atoms with Crippen molar-refractivity contribution in [3.8, 4) is 11.4 Å². The lowest BCUT2D eigenvalue weighted by Gasteiger charge is -2.35. The maximum atomic E-state index is 15.0. The predicted octanol–water partition coefficient (Wildman–Crippen LogP) is 4.10. The highest BCUT2D eigenvalue weighted by Gasteiger charge is 2.44. The molecule has 2 saturated heterocycles. The van der Waals surface area contributed by atoms with Crippen molar-refractivity contribution in [3.05, 3.63) is 113 Å². The van der Waals surface area contributed by atoms with E-state index in [1.165, 1.54) is 40.4 Å². The number of aromatic nitrogens is 6. The SMILES string of the molecule is CC[C@@H]([C@H](C)O)n1ncn(-c2ccc(N3CCN(c4ccc(OC[C@@H]5CO[C@@](Cn6cncn6)(c6ccc(F)cc6F)C5)cc4)C(=O)C3)cc2)c1=O. The molecule has 0 saturated carbocycles. The highest BCUT2D eigenvalue weighted by molar-refractivity contribution is 5.97. The summed E-state index contributed by atoms with van der Waals surface area (Å²) >= 11 is 0. The molecular formula is C37H40F2N8O5. The van der Waals surface area contributed by atoms with Crippen molar-refractivity contribution in [1.29, 1.82) is 0 Å². The van der Waals surface area contributed by atoms with E-state index in [0.29, 0.717) is 50.6 Å². The number of amides is 1. The van der Waals surface area contributed by atoms with E-state index in [0.717, 1.165) is 17.4 Å². The van der Waals surface area contributed by atoms with Crippen LogP contribution in [0, 0.1) is 17.6 Å². The molecule has 1 amide bonds.